The topological polar surface area (TPSA) is 6.48 Å². The van der Waals surface area contributed by atoms with Crippen LogP contribution in [0.15, 0.2) is 292 Å². The number of hydrogen-bond donors (Lipinski definition) is 0. The second kappa shape index (κ2) is 32.6. The zero-order chi connectivity index (χ0) is 70.4. The highest BCUT2D eigenvalue weighted by atomic mass is 15.1. The number of anilines is 6. The van der Waals surface area contributed by atoms with Gasteiger partial charge in [-0.1, -0.05) is 333 Å². The summed E-state index contributed by atoms with van der Waals surface area (Å²) in [6, 6.07) is 104. The van der Waals surface area contributed by atoms with Crippen LogP contribution in [0.25, 0.3) is 56.7 Å². The summed E-state index contributed by atoms with van der Waals surface area (Å²) < 4.78 is 0. The van der Waals surface area contributed by atoms with Gasteiger partial charge in [0.1, 0.15) is 0 Å². The van der Waals surface area contributed by atoms with E-state index in [-0.39, 0.29) is 10.8 Å². The van der Waals surface area contributed by atoms with Crippen molar-refractivity contribution in [1.29, 1.82) is 0 Å². The number of para-hydroxylation sites is 2. The second-order valence-corrected chi connectivity index (χ2v) is 29.2. The molecule has 0 bridgehead atoms. The van der Waals surface area contributed by atoms with Gasteiger partial charge in [-0.3, -0.25) is 0 Å². The van der Waals surface area contributed by atoms with Crippen LogP contribution in [0.2, 0.25) is 0 Å². The molecule has 0 atom stereocenters. The molecule has 0 amide bonds. The number of aryl methyl sites for hydroxylation is 4. The highest BCUT2D eigenvalue weighted by Gasteiger charge is 2.45. The Kier molecular flexibility index (Phi) is 22.4. The summed E-state index contributed by atoms with van der Waals surface area (Å²) in [5.74, 6) is 0. The first-order chi connectivity index (χ1) is 50.0. The first kappa shape index (κ1) is 70.2. The quantitative estimate of drug-likeness (QED) is 0.0451. The Labute approximate surface area is 610 Å². The van der Waals surface area contributed by atoms with Gasteiger partial charge >= 0.3 is 0 Å². The fourth-order valence-corrected chi connectivity index (χ4v) is 16.4. The smallest absolute Gasteiger partial charge is 0.0462 e. The van der Waals surface area contributed by atoms with Crippen molar-refractivity contribution in [2.45, 2.75) is 155 Å². The van der Waals surface area contributed by atoms with Crippen molar-refractivity contribution < 1.29 is 0 Å². The fourth-order valence-electron chi connectivity index (χ4n) is 16.4. The molecule has 0 aliphatic heterocycles. The van der Waals surface area contributed by atoms with Gasteiger partial charge in [0.15, 0.2) is 0 Å². The van der Waals surface area contributed by atoms with Gasteiger partial charge in [0.2, 0.25) is 0 Å². The van der Waals surface area contributed by atoms with Gasteiger partial charge in [0.25, 0.3) is 0 Å². The van der Waals surface area contributed by atoms with Crippen LogP contribution in [0.3, 0.4) is 0 Å². The zero-order valence-corrected chi connectivity index (χ0v) is 61.3. The number of unbranched alkanes of at least 4 members (excludes halogenated alkanes) is 10. The zero-order valence-electron chi connectivity index (χ0n) is 61.3. The van der Waals surface area contributed by atoms with E-state index >= 15 is 0 Å². The summed E-state index contributed by atoms with van der Waals surface area (Å²) in [4.78, 5) is 4.73. The van der Waals surface area contributed by atoms with Crippen LogP contribution in [0.4, 0.5) is 34.1 Å². The molecule has 512 valence electrons. The highest BCUT2D eigenvalue weighted by Crippen LogP contribution is 2.57. The molecule has 0 N–H and O–H groups in total. The van der Waals surface area contributed by atoms with E-state index in [0.29, 0.717) is 0 Å². The van der Waals surface area contributed by atoms with Crippen LogP contribution in [0.1, 0.15) is 171 Å². The molecule has 0 spiro atoms. The maximum absolute atomic E-state index is 3.92. The molecule has 14 rings (SSSR count). The highest BCUT2D eigenvalue weighted by molar-refractivity contribution is 5.88. The molecule has 2 aliphatic carbocycles. The van der Waals surface area contributed by atoms with Gasteiger partial charge in [0.05, 0.1) is 0 Å². The SMILES string of the molecule is C=Cc1ccc(CC2(Cc3ccc(C=C)cc3)c3cc(C)ccc3-c3ccc(C)cc32)cc1.CCCCCCCCC1(CCCCCCCC)c2cc(-c3ccc(N(c4ccccc4)c4ccc(C)cc4)cc3)ccc2-c2ccc(-c3ccc(N(c4ccccc4)c4ccc(C)cc4)cc3)cc21. The first-order valence-corrected chi connectivity index (χ1v) is 38.0. The maximum atomic E-state index is 3.92. The summed E-state index contributed by atoms with van der Waals surface area (Å²) in [5, 5.41) is 0. The molecule has 0 radical (unpaired) electrons. The minimum Gasteiger partial charge on any atom is -0.311 e. The lowest BCUT2D eigenvalue weighted by Crippen LogP contribution is -2.31. The number of nitrogens with zero attached hydrogens (tertiary/aromatic N) is 2. The van der Waals surface area contributed by atoms with Crippen molar-refractivity contribution in [2.24, 2.45) is 0 Å². The molecule has 0 aromatic heterocycles. The van der Waals surface area contributed by atoms with Crippen LogP contribution in [-0.4, -0.2) is 0 Å². The molecule has 102 heavy (non-hydrogen) atoms. The third-order valence-corrected chi connectivity index (χ3v) is 21.9. The Bertz CT molecular complexity index is 4440. The predicted molar refractivity (Wildman–Crippen MR) is 441 cm³/mol. The molecule has 2 heteroatoms. The standard InChI is InChI=1S/C67H72N2.C33H30/c1-5-7-9-11-13-21-47-67(48-22-14-12-10-8-6-2)65-49-55(53-31-41-61(42-32-53)68(57-23-17-15-18-24-57)59-37-27-51(3)28-38-59)35-45-63(65)64-46-36-56(50-66(64)67)54-33-43-62(44-34-54)69(58-25-19-16-20-26-58)60-39-29-52(4)30-40-60;1-5-25-9-13-27(14-10-25)21-33(22-28-15-11-26(6-2)12-16-28)31-19-23(3)7-17-29(31)30-18-8-24(4)20-32(30)33/h15-20,23-46,49-50H,5-14,21-22,47-48H2,1-4H3;5-20H,1-2,21-22H2,3-4H3. The van der Waals surface area contributed by atoms with E-state index in [1.54, 1.807) is 0 Å². The van der Waals surface area contributed by atoms with Crippen LogP contribution in [0.5, 0.6) is 0 Å². The average Bonchev–Trinajstić information content (AvgIpc) is 1.57. The van der Waals surface area contributed by atoms with E-state index in [1.807, 2.05) is 12.2 Å². The van der Waals surface area contributed by atoms with Crippen molar-refractivity contribution in [3.63, 3.8) is 0 Å². The molecule has 2 nitrogen and oxygen atoms in total. The van der Waals surface area contributed by atoms with Crippen LogP contribution in [0, 0.1) is 27.7 Å². The summed E-state index contributed by atoms with van der Waals surface area (Å²) in [6.45, 7) is 21.2. The molecule has 0 saturated carbocycles. The van der Waals surface area contributed by atoms with Gasteiger partial charge in [-0.05, 0) is 227 Å². The summed E-state index contributed by atoms with van der Waals surface area (Å²) in [5.41, 5.74) is 33.7. The van der Waals surface area contributed by atoms with Crippen LogP contribution < -0.4 is 9.80 Å². The van der Waals surface area contributed by atoms with Crippen LogP contribution >= 0.6 is 0 Å². The lowest BCUT2D eigenvalue weighted by Gasteiger charge is -2.33. The van der Waals surface area contributed by atoms with Crippen molar-refractivity contribution in [1.82, 2.24) is 0 Å². The molecular weight excluding hydrogens is 1230 g/mol. The van der Waals surface area contributed by atoms with Gasteiger partial charge in [-0.25, -0.2) is 0 Å². The monoisotopic (exact) mass is 1330 g/mol. The second-order valence-electron chi connectivity index (χ2n) is 29.2. The Balaban J connectivity index is 0.000000234. The Hall–Kier alpha value is -10.3. The molecular formula is C100H102N2. The number of hydrogen-bond acceptors (Lipinski definition) is 2. The average molecular weight is 1330 g/mol. The lowest BCUT2D eigenvalue weighted by molar-refractivity contribution is 0.398. The Morgan fingerprint density at radius 1 is 0.275 bits per heavy atom. The molecule has 0 saturated heterocycles. The van der Waals surface area contributed by atoms with Gasteiger partial charge in [-0.2, -0.15) is 0 Å². The Morgan fingerprint density at radius 2 is 0.569 bits per heavy atom. The van der Waals surface area contributed by atoms with Crippen LogP contribution in [-0.2, 0) is 23.7 Å². The fraction of sp³-hybridized carbons (Fsp3) is 0.240. The summed E-state index contributed by atoms with van der Waals surface area (Å²) in [7, 11) is 0. The molecule has 2 aliphatic rings. The molecule has 12 aromatic carbocycles. The van der Waals surface area contributed by atoms with Crippen molar-refractivity contribution in [3.8, 4) is 44.5 Å². The van der Waals surface area contributed by atoms with E-state index in [4.69, 9.17) is 0 Å². The third kappa shape index (κ3) is 15.5. The van der Waals surface area contributed by atoms with E-state index in [9.17, 15) is 0 Å². The molecule has 0 heterocycles. The van der Waals surface area contributed by atoms with E-state index < -0.39 is 0 Å². The minimum absolute atomic E-state index is 0.0445. The van der Waals surface area contributed by atoms with Gasteiger partial charge in [0, 0.05) is 45.0 Å². The number of benzene rings is 12. The van der Waals surface area contributed by atoms with Gasteiger partial charge in [-0.15, -0.1) is 0 Å². The summed E-state index contributed by atoms with van der Waals surface area (Å²) >= 11 is 0. The third-order valence-electron chi connectivity index (χ3n) is 21.9. The normalized spacial score (nSPS) is 12.7. The van der Waals surface area contributed by atoms with Crippen molar-refractivity contribution in [3.05, 3.63) is 359 Å². The lowest BCUT2D eigenvalue weighted by atomic mass is 9.69. The molecule has 0 fully saturated rings. The predicted octanol–water partition coefficient (Wildman–Crippen LogP) is 28.7. The first-order valence-electron chi connectivity index (χ1n) is 38.0. The largest absolute Gasteiger partial charge is 0.311 e. The van der Waals surface area contributed by atoms with E-state index in [1.165, 1.54) is 190 Å². The van der Waals surface area contributed by atoms with Crippen molar-refractivity contribution in [2.75, 3.05) is 9.80 Å². The molecule has 0 unspecified atom stereocenters. The van der Waals surface area contributed by atoms with E-state index in [2.05, 4.69) is 344 Å². The van der Waals surface area contributed by atoms with Gasteiger partial charge < -0.3 is 9.80 Å². The maximum Gasteiger partial charge on any atom is 0.0462 e. The number of fused-ring (bicyclic) bond motifs is 6. The van der Waals surface area contributed by atoms with E-state index in [0.717, 1.165) is 58.1 Å². The Morgan fingerprint density at radius 3 is 0.922 bits per heavy atom. The molecule has 12 aromatic rings. The van der Waals surface area contributed by atoms with Crippen molar-refractivity contribution >= 4 is 46.3 Å². The summed E-state index contributed by atoms with van der Waals surface area (Å²) in [6.07, 6.45) is 23.8. The minimum atomic E-state index is -0.117. The number of rotatable bonds is 28.